The fourth-order valence-electron chi connectivity index (χ4n) is 3.88. The highest BCUT2D eigenvalue weighted by atomic mass is 16.6. The number of ketones is 2. The molecule has 4 bridgehead atoms. The molecule has 1 unspecified atom stereocenters. The van der Waals surface area contributed by atoms with Crippen LogP contribution in [0.25, 0.3) is 0 Å². The summed E-state index contributed by atoms with van der Waals surface area (Å²) in [6, 6.07) is 0. The van der Waals surface area contributed by atoms with Gasteiger partial charge < -0.3 is 9.47 Å². The third-order valence-corrected chi connectivity index (χ3v) is 5.22. The predicted molar refractivity (Wildman–Crippen MR) is 87.3 cm³/mol. The molecule has 1 fully saturated rings. The molecule has 0 aromatic rings. The molecule has 5 heteroatoms. The lowest BCUT2D eigenvalue weighted by Crippen LogP contribution is -2.31. The van der Waals surface area contributed by atoms with Gasteiger partial charge in [0.25, 0.3) is 0 Å². The Morgan fingerprint density at radius 1 is 1.29 bits per heavy atom. The second-order valence-electron chi connectivity index (χ2n) is 7.57. The van der Waals surface area contributed by atoms with E-state index in [-0.39, 0.29) is 42.4 Å². The summed E-state index contributed by atoms with van der Waals surface area (Å²) in [6.45, 7) is 7.72. The van der Waals surface area contributed by atoms with Crippen molar-refractivity contribution in [1.82, 2.24) is 0 Å². The molecule has 0 aromatic heterocycles. The highest BCUT2D eigenvalue weighted by Gasteiger charge is 2.45. The zero-order chi connectivity index (χ0) is 17.5. The number of allylic oxidation sites excluding steroid dienone is 1. The van der Waals surface area contributed by atoms with Gasteiger partial charge in [-0.1, -0.05) is 12.2 Å². The number of rotatable bonds is 1. The van der Waals surface area contributed by atoms with E-state index in [1.165, 1.54) is 0 Å². The maximum absolute atomic E-state index is 12.4. The average molecular weight is 332 g/mol. The molecule has 3 rings (SSSR count). The number of ether oxygens (including phenoxy) is 2. The van der Waals surface area contributed by atoms with Gasteiger partial charge in [0.15, 0.2) is 5.78 Å². The monoisotopic (exact) mass is 332 g/mol. The van der Waals surface area contributed by atoms with E-state index in [2.05, 4.69) is 6.58 Å². The van der Waals surface area contributed by atoms with E-state index in [0.29, 0.717) is 31.3 Å². The molecule has 3 aliphatic rings. The maximum atomic E-state index is 12.4. The van der Waals surface area contributed by atoms with E-state index in [4.69, 9.17) is 9.47 Å². The van der Waals surface area contributed by atoms with Gasteiger partial charge in [0.2, 0.25) is 0 Å². The van der Waals surface area contributed by atoms with Gasteiger partial charge >= 0.3 is 5.97 Å². The largest absolute Gasteiger partial charge is 0.455 e. The first-order chi connectivity index (χ1) is 11.3. The van der Waals surface area contributed by atoms with Crippen molar-refractivity contribution >= 4 is 17.5 Å². The molecule has 0 amide bonds. The summed E-state index contributed by atoms with van der Waals surface area (Å²) in [7, 11) is 0. The van der Waals surface area contributed by atoms with E-state index in [1.54, 1.807) is 0 Å². The van der Waals surface area contributed by atoms with Crippen LogP contribution >= 0.6 is 0 Å². The summed E-state index contributed by atoms with van der Waals surface area (Å²) < 4.78 is 11.3. The van der Waals surface area contributed by atoms with Crippen molar-refractivity contribution in [1.29, 1.82) is 0 Å². The number of carbonyl (C=O) groups excluding carboxylic acids is 3. The van der Waals surface area contributed by atoms with Gasteiger partial charge in [0.05, 0.1) is 5.60 Å². The van der Waals surface area contributed by atoms with Crippen LogP contribution in [0.3, 0.4) is 0 Å². The summed E-state index contributed by atoms with van der Waals surface area (Å²) in [6.07, 6.45) is 3.26. The van der Waals surface area contributed by atoms with Crippen LogP contribution < -0.4 is 0 Å². The van der Waals surface area contributed by atoms with Crippen molar-refractivity contribution < 1.29 is 23.9 Å². The Morgan fingerprint density at radius 3 is 2.75 bits per heavy atom. The Labute approximate surface area is 142 Å². The Morgan fingerprint density at radius 2 is 2.04 bits per heavy atom. The molecule has 0 radical (unpaired) electrons. The number of fused-ring (bicyclic) bond motifs is 3. The Balaban J connectivity index is 1.87. The first kappa shape index (κ1) is 17.1. The van der Waals surface area contributed by atoms with Crippen molar-refractivity contribution in [2.45, 2.75) is 70.2 Å². The van der Waals surface area contributed by atoms with Gasteiger partial charge in [-0.05, 0) is 38.7 Å². The van der Waals surface area contributed by atoms with Gasteiger partial charge in [-0.25, -0.2) is 4.79 Å². The first-order valence-electron chi connectivity index (χ1n) is 8.55. The van der Waals surface area contributed by atoms with Crippen LogP contribution in [0, 0.1) is 5.92 Å². The van der Waals surface area contributed by atoms with Crippen molar-refractivity contribution in [3.63, 3.8) is 0 Å². The van der Waals surface area contributed by atoms with E-state index < -0.39 is 11.7 Å². The van der Waals surface area contributed by atoms with Crippen molar-refractivity contribution in [3.8, 4) is 0 Å². The zero-order valence-electron chi connectivity index (χ0n) is 14.3. The van der Waals surface area contributed by atoms with E-state index in [9.17, 15) is 14.4 Å². The Bertz CT molecular complexity index is 632. The Hall–Kier alpha value is -1.75. The van der Waals surface area contributed by atoms with E-state index in [0.717, 1.165) is 5.57 Å². The van der Waals surface area contributed by atoms with Crippen LogP contribution in [0.1, 0.15) is 52.4 Å². The molecular weight excluding hydrogens is 308 g/mol. The molecule has 1 saturated heterocycles. The average Bonchev–Trinajstić information content (AvgIpc) is 2.93. The SMILES string of the molecule is C=C(C)[C@@H]1CCC2=C[C@H](CC3(C)CC(=O)[C@@H](CC(=O)C1)O3)OC2=O. The first-order valence-corrected chi connectivity index (χ1v) is 8.55. The molecule has 130 valence electrons. The van der Waals surface area contributed by atoms with Gasteiger partial charge in [0.1, 0.15) is 18.0 Å². The second kappa shape index (κ2) is 6.28. The molecule has 0 saturated carbocycles. The van der Waals surface area contributed by atoms with Gasteiger partial charge in [-0.15, -0.1) is 0 Å². The van der Waals surface area contributed by atoms with Crippen LogP contribution in [0.4, 0.5) is 0 Å². The zero-order valence-corrected chi connectivity index (χ0v) is 14.3. The second-order valence-corrected chi connectivity index (χ2v) is 7.57. The van der Waals surface area contributed by atoms with E-state index in [1.807, 2.05) is 19.9 Å². The molecule has 0 N–H and O–H groups in total. The fourth-order valence-corrected chi connectivity index (χ4v) is 3.88. The molecule has 0 spiro atoms. The number of hydrogen-bond donors (Lipinski definition) is 0. The lowest BCUT2D eigenvalue weighted by molar-refractivity contribution is -0.143. The van der Waals surface area contributed by atoms with Crippen molar-refractivity contribution in [2.75, 3.05) is 0 Å². The minimum atomic E-state index is -0.680. The Kier molecular flexibility index (Phi) is 4.47. The molecule has 3 aliphatic heterocycles. The van der Waals surface area contributed by atoms with Gasteiger partial charge in [0, 0.05) is 31.3 Å². The molecule has 24 heavy (non-hydrogen) atoms. The topological polar surface area (TPSA) is 69.7 Å². The van der Waals surface area contributed by atoms with Gasteiger partial charge in [-0.3, -0.25) is 9.59 Å². The fraction of sp³-hybridized carbons (Fsp3) is 0.632. The third kappa shape index (κ3) is 3.51. The normalized spacial score (nSPS) is 37.2. The van der Waals surface area contributed by atoms with Crippen LogP contribution in [-0.2, 0) is 23.9 Å². The van der Waals surface area contributed by atoms with Crippen LogP contribution in [0.5, 0.6) is 0 Å². The number of esters is 1. The number of Topliss-reactive ketones (excluding diaryl/α,β-unsaturated/α-hetero) is 2. The predicted octanol–water partition coefficient (Wildman–Crippen LogP) is 2.68. The smallest absolute Gasteiger partial charge is 0.334 e. The number of hydrogen-bond acceptors (Lipinski definition) is 5. The van der Waals surface area contributed by atoms with Crippen LogP contribution in [-0.4, -0.2) is 35.3 Å². The van der Waals surface area contributed by atoms with Crippen molar-refractivity contribution in [2.24, 2.45) is 5.92 Å². The summed E-state index contributed by atoms with van der Waals surface area (Å²) >= 11 is 0. The van der Waals surface area contributed by atoms with Gasteiger partial charge in [-0.2, -0.15) is 0 Å². The molecular formula is C19H24O5. The standard InChI is InChI=1S/C19H24O5/c1-11(2)12-4-5-13-7-15(23-18(13)22)9-19(3)10-16(21)17(24-19)8-14(20)6-12/h7,12,15,17H,1,4-6,8-10H2,2-3H3/t12-,15-,17-,19?/m1/s1. The molecule has 0 aliphatic carbocycles. The van der Waals surface area contributed by atoms with Crippen LogP contribution in [0.2, 0.25) is 0 Å². The lowest BCUT2D eigenvalue weighted by Gasteiger charge is -2.26. The minimum Gasteiger partial charge on any atom is -0.455 e. The van der Waals surface area contributed by atoms with Crippen molar-refractivity contribution in [3.05, 3.63) is 23.8 Å². The summed E-state index contributed by atoms with van der Waals surface area (Å²) in [5, 5.41) is 0. The highest BCUT2D eigenvalue weighted by Crippen LogP contribution is 2.37. The quantitative estimate of drug-likeness (QED) is 0.545. The lowest BCUT2D eigenvalue weighted by atomic mass is 9.87. The molecule has 4 atom stereocenters. The van der Waals surface area contributed by atoms with Crippen LogP contribution in [0.15, 0.2) is 23.8 Å². The summed E-state index contributed by atoms with van der Waals surface area (Å²) in [5.41, 5.74) is 0.897. The molecule has 0 aromatic carbocycles. The highest BCUT2D eigenvalue weighted by molar-refractivity contribution is 5.92. The van der Waals surface area contributed by atoms with E-state index >= 15 is 0 Å². The number of carbonyl (C=O) groups is 3. The molecule has 3 heterocycles. The summed E-state index contributed by atoms with van der Waals surface area (Å²) in [5.74, 6) is -0.308. The minimum absolute atomic E-state index is 0.00823. The maximum Gasteiger partial charge on any atom is 0.334 e. The molecule has 5 nitrogen and oxygen atoms in total. The third-order valence-electron chi connectivity index (χ3n) is 5.22. The summed E-state index contributed by atoms with van der Waals surface area (Å²) in [4.78, 5) is 36.7.